The Labute approximate surface area is 164 Å². The van der Waals surface area contributed by atoms with E-state index in [1.807, 2.05) is 65.0 Å². The third kappa shape index (κ3) is 3.65. The van der Waals surface area contributed by atoms with Gasteiger partial charge in [-0.15, -0.1) is 0 Å². The second-order valence-corrected chi connectivity index (χ2v) is 7.02. The van der Waals surface area contributed by atoms with E-state index in [-0.39, 0.29) is 18.1 Å². The van der Waals surface area contributed by atoms with Gasteiger partial charge in [0.2, 0.25) is 0 Å². The molecule has 1 heterocycles. The molecule has 0 saturated heterocycles. The molecule has 0 radical (unpaired) electrons. The van der Waals surface area contributed by atoms with Gasteiger partial charge in [0, 0.05) is 22.2 Å². The van der Waals surface area contributed by atoms with Gasteiger partial charge in [-0.05, 0) is 62.9 Å². The van der Waals surface area contributed by atoms with Gasteiger partial charge in [0.05, 0.1) is 0 Å². The molecule has 0 unspecified atom stereocenters. The number of benzene rings is 2. The fraction of sp³-hybridized carbons (Fsp3) is 0.304. The van der Waals surface area contributed by atoms with E-state index >= 15 is 0 Å². The van der Waals surface area contributed by atoms with Crippen molar-refractivity contribution in [3.8, 4) is 5.75 Å². The summed E-state index contributed by atoms with van der Waals surface area (Å²) in [5.41, 5.74) is 5.32. The molecule has 0 fully saturated rings. The van der Waals surface area contributed by atoms with Crippen LogP contribution in [0.5, 0.6) is 5.75 Å². The SMILES string of the molecule is CCc1c(C)c2ccc(OCC(=O)Nc3c(C)cccc3C)c(C)c2oc1=O. The van der Waals surface area contributed by atoms with Crippen molar-refractivity contribution in [1.82, 2.24) is 0 Å². The quantitative estimate of drug-likeness (QED) is 0.658. The average molecular weight is 379 g/mol. The summed E-state index contributed by atoms with van der Waals surface area (Å²) in [6, 6.07) is 9.54. The molecule has 5 nitrogen and oxygen atoms in total. The fourth-order valence-corrected chi connectivity index (χ4v) is 3.47. The number of fused-ring (bicyclic) bond motifs is 1. The second kappa shape index (κ2) is 7.89. The first-order valence-electron chi connectivity index (χ1n) is 9.38. The lowest BCUT2D eigenvalue weighted by molar-refractivity contribution is -0.118. The number of carbonyl (C=O) groups is 1. The van der Waals surface area contributed by atoms with Crippen molar-refractivity contribution < 1.29 is 13.9 Å². The van der Waals surface area contributed by atoms with Crippen LogP contribution in [0.25, 0.3) is 11.0 Å². The normalized spacial score (nSPS) is 10.9. The summed E-state index contributed by atoms with van der Waals surface area (Å²) in [6.07, 6.45) is 0.625. The van der Waals surface area contributed by atoms with E-state index < -0.39 is 0 Å². The molecule has 28 heavy (non-hydrogen) atoms. The van der Waals surface area contributed by atoms with Crippen LogP contribution >= 0.6 is 0 Å². The molecular formula is C23H25NO4. The molecule has 0 saturated carbocycles. The maximum atomic E-state index is 12.3. The molecule has 0 atom stereocenters. The maximum Gasteiger partial charge on any atom is 0.339 e. The first-order valence-corrected chi connectivity index (χ1v) is 9.38. The van der Waals surface area contributed by atoms with Crippen molar-refractivity contribution in [2.24, 2.45) is 0 Å². The van der Waals surface area contributed by atoms with E-state index in [0.29, 0.717) is 28.9 Å². The van der Waals surface area contributed by atoms with E-state index in [0.717, 1.165) is 27.8 Å². The lowest BCUT2D eigenvalue weighted by Gasteiger charge is -2.14. The van der Waals surface area contributed by atoms with Crippen LogP contribution in [0, 0.1) is 27.7 Å². The van der Waals surface area contributed by atoms with Gasteiger partial charge in [-0.2, -0.15) is 0 Å². The minimum absolute atomic E-state index is 0.129. The van der Waals surface area contributed by atoms with Gasteiger partial charge in [0.15, 0.2) is 6.61 Å². The summed E-state index contributed by atoms with van der Waals surface area (Å²) in [4.78, 5) is 24.6. The molecule has 3 aromatic rings. The van der Waals surface area contributed by atoms with Crippen LogP contribution < -0.4 is 15.7 Å². The van der Waals surface area contributed by atoms with Crippen molar-refractivity contribution in [1.29, 1.82) is 0 Å². The number of nitrogens with one attached hydrogen (secondary N) is 1. The zero-order chi connectivity index (χ0) is 20.4. The van der Waals surface area contributed by atoms with Gasteiger partial charge < -0.3 is 14.5 Å². The van der Waals surface area contributed by atoms with Gasteiger partial charge in [0.25, 0.3) is 5.91 Å². The molecule has 5 heteroatoms. The van der Waals surface area contributed by atoms with Gasteiger partial charge in [-0.3, -0.25) is 4.79 Å². The van der Waals surface area contributed by atoms with E-state index in [1.54, 1.807) is 0 Å². The molecule has 146 valence electrons. The summed E-state index contributed by atoms with van der Waals surface area (Å²) in [7, 11) is 0. The van der Waals surface area contributed by atoms with E-state index in [9.17, 15) is 9.59 Å². The first-order chi connectivity index (χ1) is 13.3. The van der Waals surface area contributed by atoms with E-state index in [2.05, 4.69) is 5.32 Å². The smallest absolute Gasteiger partial charge is 0.339 e. The largest absolute Gasteiger partial charge is 0.483 e. The number of amides is 1. The number of hydrogen-bond acceptors (Lipinski definition) is 4. The Morgan fingerprint density at radius 2 is 1.71 bits per heavy atom. The lowest BCUT2D eigenvalue weighted by Crippen LogP contribution is -2.21. The van der Waals surface area contributed by atoms with Crippen LogP contribution in [0.1, 0.15) is 34.7 Å². The predicted molar refractivity (Wildman–Crippen MR) is 111 cm³/mol. The van der Waals surface area contributed by atoms with Crippen LogP contribution in [0.2, 0.25) is 0 Å². The fourth-order valence-electron chi connectivity index (χ4n) is 3.47. The average Bonchev–Trinajstić information content (AvgIpc) is 2.65. The van der Waals surface area contributed by atoms with E-state index in [1.165, 1.54) is 0 Å². The zero-order valence-electron chi connectivity index (χ0n) is 16.9. The summed E-state index contributed by atoms with van der Waals surface area (Å²) < 4.78 is 11.3. The monoisotopic (exact) mass is 379 g/mol. The number of ether oxygens (including phenoxy) is 1. The molecule has 1 N–H and O–H groups in total. The van der Waals surface area contributed by atoms with Crippen LogP contribution in [-0.2, 0) is 11.2 Å². The van der Waals surface area contributed by atoms with Gasteiger partial charge in [-0.1, -0.05) is 25.1 Å². The van der Waals surface area contributed by atoms with Crippen LogP contribution in [0.4, 0.5) is 5.69 Å². The Morgan fingerprint density at radius 1 is 1.04 bits per heavy atom. The minimum Gasteiger partial charge on any atom is -0.483 e. The standard InChI is InChI=1S/C23H25NO4/c1-6-17-15(4)18-10-11-19(16(5)22(18)28-23(17)26)27-12-20(25)24-21-13(2)8-7-9-14(21)3/h7-11H,6,12H2,1-5H3,(H,24,25). The number of hydrogen-bond donors (Lipinski definition) is 1. The topological polar surface area (TPSA) is 68.5 Å². The van der Waals surface area contributed by atoms with E-state index in [4.69, 9.17) is 9.15 Å². The molecule has 0 aliphatic rings. The summed E-state index contributed by atoms with van der Waals surface area (Å²) in [5.74, 6) is 0.284. The van der Waals surface area contributed by atoms with Gasteiger partial charge >= 0.3 is 5.63 Å². The highest BCUT2D eigenvalue weighted by Crippen LogP contribution is 2.29. The number of aryl methyl sites for hydroxylation is 4. The summed E-state index contributed by atoms with van der Waals surface area (Å²) >= 11 is 0. The van der Waals surface area contributed by atoms with Gasteiger partial charge in [0.1, 0.15) is 11.3 Å². The molecule has 0 spiro atoms. The van der Waals surface area contributed by atoms with Gasteiger partial charge in [-0.25, -0.2) is 4.79 Å². The Morgan fingerprint density at radius 3 is 2.36 bits per heavy atom. The summed E-state index contributed by atoms with van der Waals surface area (Å²) in [5, 5.41) is 3.79. The summed E-state index contributed by atoms with van der Waals surface area (Å²) in [6.45, 7) is 9.46. The molecule has 0 bridgehead atoms. The first kappa shape index (κ1) is 19.7. The van der Waals surface area contributed by atoms with Crippen molar-refractivity contribution >= 4 is 22.6 Å². The number of rotatable bonds is 5. The van der Waals surface area contributed by atoms with Crippen LogP contribution in [0.15, 0.2) is 39.5 Å². The number of carbonyl (C=O) groups excluding carboxylic acids is 1. The van der Waals surface area contributed by atoms with Crippen LogP contribution in [-0.4, -0.2) is 12.5 Å². The van der Waals surface area contributed by atoms with Crippen molar-refractivity contribution in [3.05, 3.63) is 68.6 Å². The molecule has 1 aromatic heterocycles. The van der Waals surface area contributed by atoms with Crippen LogP contribution in [0.3, 0.4) is 0 Å². The Hall–Kier alpha value is -3.08. The third-order valence-corrected chi connectivity index (χ3v) is 5.11. The molecule has 1 amide bonds. The predicted octanol–water partition coefficient (Wildman–Crippen LogP) is 4.61. The molecule has 2 aromatic carbocycles. The number of anilines is 1. The maximum absolute atomic E-state index is 12.3. The molecule has 0 aliphatic carbocycles. The molecule has 3 rings (SSSR count). The number of para-hydroxylation sites is 1. The highest BCUT2D eigenvalue weighted by Gasteiger charge is 2.15. The Kier molecular flexibility index (Phi) is 5.54. The third-order valence-electron chi connectivity index (χ3n) is 5.11. The Balaban J connectivity index is 1.82. The second-order valence-electron chi connectivity index (χ2n) is 7.02. The molecular weight excluding hydrogens is 354 g/mol. The van der Waals surface area contributed by atoms with Crippen molar-refractivity contribution in [2.75, 3.05) is 11.9 Å². The Bertz CT molecular complexity index is 1090. The highest BCUT2D eigenvalue weighted by molar-refractivity contribution is 5.93. The van der Waals surface area contributed by atoms with Crippen molar-refractivity contribution in [3.63, 3.8) is 0 Å². The zero-order valence-corrected chi connectivity index (χ0v) is 16.9. The van der Waals surface area contributed by atoms with Crippen molar-refractivity contribution in [2.45, 2.75) is 41.0 Å². The highest BCUT2D eigenvalue weighted by atomic mass is 16.5. The lowest BCUT2D eigenvalue weighted by atomic mass is 10.0. The minimum atomic E-state index is -0.319. The molecule has 0 aliphatic heterocycles.